The Morgan fingerprint density at radius 1 is 1.24 bits per heavy atom. The molecule has 10 heteroatoms. The van der Waals surface area contributed by atoms with Crippen molar-refractivity contribution in [1.82, 2.24) is 4.90 Å². The molecule has 2 aromatic carbocycles. The van der Waals surface area contributed by atoms with Crippen LogP contribution < -0.4 is 5.73 Å². The van der Waals surface area contributed by atoms with Crippen LogP contribution in [0.4, 0.5) is 5.69 Å². The van der Waals surface area contributed by atoms with E-state index in [0.29, 0.717) is 5.56 Å². The summed E-state index contributed by atoms with van der Waals surface area (Å²) < 4.78 is 0. The van der Waals surface area contributed by atoms with E-state index in [0.717, 1.165) is 17.3 Å². The minimum atomic E-state index is -0.650. The van der Waals surface area contributed by atoms with E-state index in [-0.39, 0.29) is 35.6 Å². The summed E-state index contributed by atoms with van der Waals surface area (Å²) in [4.78, 5) is 36.2. The number of hydrogen-bond acceptors (Lipinski definition) is 7. The van der Waals surface area contributed by atoms with Crippen LogP contribution in [0.25, 0.3) is 0 Å². The van der Waals surface area contributed by atoms with Gasteiger partial charge in [0.05, 0.1) is 17.7 Å². The number of carbonyl (C=O) groups is 2. The summed E-state index contributed by atoms with van der Waals surface area (Å²) in [6.07, 6.45) is 1.37. The average molecular weight is 411 g/mol. The van der Waals surface area contributed by atoms with Crippen LogP contribution >= 0.6 is 11.8 Å². The van der Waals surface area contributed by atoms with Gasteiger partial charge in [0, 0.05) is 24.1 Å². The molecular weight excluding hydrogens is 394 g/mol. The first-order valence-corrected chi connectivity index (χ1v) is 9.48. The van der Waals surface area contributed by atoms with Crippen molar-refractivity contribution in [3.05, 3.63) is 75.8 Å². The quantitative estimate of drug-likeness (QED) is 0.255. The van der Waals surface area contributed by atoms with Gasteiger partial charge in [-0.2, -0.15) is 5.10 Å². The summed E-state index contributed by atoms with van der Waals surface area (Å²) in [7, 11) is 0. The van der Waals surface area contributed by atoms with Gasteiger partial charge in [-0.05, 0) is 5.56 Å². The Morgan fingerprint density at radius 2 is 2.00 bits per heavy atom. The Hall–Kier alpha value is -3.53. The summed E-state index contributed by atoms with van der Waals surface area (Å²) in [6, 6.07) is 15.1. The van der Waals surface area contributed by atoms with Crippen LogP contribution in [-0.4, -0.2) is 38.3 Å². The third-order valence-corrected chi connectivity index (χ3v) is 5.07. The average Bonchev–Trinajstić information content (AvgIpc) is 2.96. The normalized spacial score (nSPS) is 17.3. The molecular formula is C19H17N5O4S. The number of nitrogens with zero attached hydrogens (tertiary/aromatic N) is 4. The molecule has 0 spiro atoms. The molecule has 0 aliphatic carbocycles. The largest absolute Gasteiger partial charge is 0.377 e. The van der Waals surface area contributed by atoms with Crippen molar-refractivity contribution < 1.29 is 14.5 Å². The van der Waals surface area contributed by atoms with Gasteiger partial charge < -0.3 is 5.73 Å². The zero-order valence-corrected chi connectivity index (χ0v) is 16.0. The smallest absolute Gasteiger partial charge is 0.270 e. The third kappa shape index (κ3) is 5.26. The van der Waals surface area contributed by atoms with Crippen molar-refractivity contribution in [2.75, 3.05) is 0 Å². The van der Waals surface area contributed by atoms with Crippen molar-refractivity contribution >= 4 is 40.6 Å². The minimum absolute atomic E-state index is 0.0272. The number of nitrogens with two attached hydrogens (primary N) is 1. The van der Waals surface area contributed by atoms with Gasteiger partial charge in [0.15, 0.2) is 5.17 Å². The molecule has 2 aromatic rings. The lowest BCUT2D eigenvalue weighted by Gasteiger charge is -2.14. The molecule has 1 heterocycles. The molecule has 0 radical (unpaired) electrons. The number of amides is 2. The van der Waals surface area contributed by atoms with Gasteiger partial charge in [-0.1, -0.05) is 54.2 Å². The van der Waals surface area contributed by atoms with Crippen LogP contribution in [0, 0.1) is 10.1 Å². The Kier molecular flexibility index (Phi) is 6.35. The van der Waals surface area contributed by atoms with E-state index in [1.807, 2.05) is 30.3 Å². The highest BCUT2D eigenvalue weighted by atomic mass is 32.2. The van der Waals surface area contributed by atoms with Crippen LogP contribution in [0.1, 0.15) is 17.5 Å². The Bertz CT molecular complexity index is 993. The molecule has 1 aliphatic rings. The fraction of sp³-hybridized carbons (Fsp3) is 0.158. The number of imide groups is 1. The summed E-state index contributed by atoms with van der Waals surface area (Å²) in [5.41, 5.74) is 7.10. The van der Waals surface area contributed by atoms with E-state index in [1.165, 1.54) is 29.3 Å². The molecule has 9 nitrogen and oxygen atoms in total. The lowest BCUT2D eigenvalue weighted by Crippen LogP contribution is -2.31. The highest BCUT2D eigenvalue weighted by molar-refractivity contribution is 8.14. The molecule has 0 saturated carbocycles. The van der Waals surface area contributed by atoms with E-state index in [9.17, 15) is 19.7 Å². The summed E-state index contributed by atoms with van der Waals surface area (Å²) >= 11 is 0.970. The van der Waals surface area contributed by atoms with E-state index >= 15 is 0 Å². The standard InChI is InChI=1S/C19H17N5O4S/c20-19(22-21-11-14-7-4-8-15(9-14)24(27)28)29-16-10-17(25)23(18(16)26)12-13-5-2-1-3-6-13/h1-9,11,16H,10,12H2,(H2,20,22)/b21-11+. The molecule has 1 unspecified atom stereocenters. The number of thioether (sulfide) groups is 1. The number of hydrogen-bond donors (Lipinski definition) is 1. The van der Waals surface area contributed by atoms with Crippen LogP contribution in [0.5, 0.6) is 0 Å². The fourth-order valence-electron chi connectivity index (χ4n) is 2.72. The first-order chi connectivity index (χ1) is 13.9. The fourth-order valence-corrected chi connectivity index (χ4v) is 3.56. The number of benzene rings is 2. The number of carbonyl (C=O) groups excluding carboxylic acids is 2. The number of rotatable bonds is 6. The number of non-ortho nitro benzene ring substituents is 1. The first kappa shape index (κ1) is 20.2. The van der Waals surface area contributed by atoms with Crippen LogP contribution in [0.3, 0.4) is 0 Å². The second-order valence-electron chi connectivity index (χ2n) is 6.15. The number of nitro groups is 1. The molecule has 2 N–H and O–H groups in total. The maximum absolute atomic E-state index is 12.5. The summed E-state index contributed by atoms with van der Waals surface area (Å²) in [5, 5.41) is 17.8. The second-order valence-corrected chi connectivity index (χ2v) is 7.37. The van der Waals surface area contributed by atoms with Gasteiger partial charge in [-0.25, -0.2) is 0 Å². The molecule has 29 heavy (non-hydrogen) atoms. The van der Waals surface area contributed by atoms with Gasteiger partial charge in [-0.3, -0.25) is 24.6 Å². The Labute approximate surface area is 170 Å². The maximum atomic E-state index is 12.5. The van der Waals surface area contributed by atoms with Crippen LogP contribution in [0.2, 0.25) is 0 Å². The van der Waals surface area contributed by atoms with Gasteiger partial charge in [0.25, 0.3) is 5.69 Å². The molecule has 3 rings (SSSR count). The molecule has 0 aromatic heterocycles. The van der Waals surface area contributed by atoms with E-state index in [2.05, 4.69) is 10.2 Å². The van der Waals surface area contributed by atoms with Gasteiger partial charge in [-0.15, -0.1) is 5.10 Å². The van der Waals surface area contributed by atoms with Crippen LogP contribution in [0.15, 0.2) is 64.8 Å². The van der Waals surface area contributed by atoms with Crippen molar-refractivity contribution in [2.45, 2.75) is 18.2 Å². The zero-order valence-electron chi connectivity index (χ0n) is 15.2. The van der Waals surface area contributed by atoms with E-state index in [1.54, 1.807) is 6.07 Å². The summed E-state index contributed by atoms with van der Waals surface area (Å²) in [6.45, 7) is 0.220. The van der Waals surface area contributed by atoms with Gasteiger partial charge in [0.2, 0.25) is 11.8 Å². The van der Waals surface area contributed by atoms with Crippen molar-refractivity contribution in [1.29, 1.82) is 0 Å². The molecule has 0 bridgehead atoms. The van der Waals surface area contributed by atoms with Gasteiger partial charge >= 0.3 is 0 Å². The lowest BCUT2D eigenvalue weighted by atomic mass is 10.2. The third-order valence-electron chi connectivity index (χ3n) is 4.09. The predicted molar refractivity (Wildman–Crippen MR) is 110 cm³/mol. The van der Waals surface area contributed by atoms with Gasteiger partial charge in [0.1, 0.15) is 5.25 Å². The van der Waals surface area contributed by atoms with Crippen LogP contribution in [-0.2, 0) is 16.1 Å². The van der Waals surface area contributed by atoms with E-state index < -0.39 is 10.2 Å². The van der Waals surface area contributed by atoms with Crippen molar-refractivity contribution in [3.8, 4) is 0 Å². The Balaban J connectivity index is 1.60. The monoisotopic (exact) mass is 411 g/mol. The van der Waals surface area contributed by atoms with E-state index in [4.69, 9.17) is 5.73 Å². The number of nitro benzene ring substituents is 1. The molecule has 1 saturated heterocycles. The Morgan fingerprint density at radius 3 is 2.72 bits per heavy atom. The van der Waals surface area contributed by atoms with Crippen molar-refractivity contribution in [3.63, 3.8) is 0 Å². The zero-order chi connectivity index (χ0) is 20.8. The SMILES string of the molecule is N/C(=N/N=C/c1cccc([N+](=O)[O-])c1)SC1CC(=O)N(Cc2ccccc2)C1=O. The molecule has 148 valence electrons. The molecule has 1 fully saturated rings. The topological polar surface area (TPSA) is 131 Å². The minimum Gasteiger partial charge on any atom is -0.377 e. The molecule has 1 atom stereocenters. The second kappa shape index (κ2) is 9.11. The number of likely N-dealkylation sites (tertiary alicyclic amines) is 1. The highest BCUT2D eigenvalue weighted by Gasteiger charge is 2.39. The maximum Gasteiger partial charge on any atom is 0.270 e. The number of amidine groups is 1. The summed E-state index contributed by atoms with van der Waals surface area (Å²) in [5.74, 6) is -0.575. The highest BCUT2D eigenvalue weighted by Crippen LogP contribution is 2.26. The van der Waals surface area contributed by atoms with Crippen molar-refractivity contribution in [2.24, 2.45) is 15.9 Å². The first-order valence-electron chi connectivity index (χ1n) is 8.60. The predicted octanol–water partition coefficient (Wildman–Crippen LogP) is 2.30. The molecule has 2 amide bonds. The molecule has 1 aliphatic heterocycles. The lowest BCUT2D eigenvalue weighted by molar-refractivity contribution is -0.384.